The molecule has 1 aromatic heterocycles. The summed E-state index contributed by atoms with van der Waals surface area (Å²) in [5.74, 6) is -0.148. The van der Waals surface area contributed by atoms with Crippen molar-refractivity contribution in [3.63, 3.8) is 0 Å². The number of nitrogens with one attached hydrogen (secondary N) is 1. The second kappa shape index (κ2) is 8.73. The Bertz CT molecular complexity index is 1430. The van der Waals surface area contributed by atoms with Crippen molar-refractivity contribution in [2.24, 2.45) is 0 Å². The zero-order valence-corrected chi connectivity index (χ0v) is 18.0. The number of hydrogen-bond donors (Lipinski definition) is 1. The van der Waals surface area contributed by atoms with Gasteiger partial charge in [0.25, 0.3) is 0 Å². The molecule has 156 valence electrons. The molecule has 0 atom stereocenters. The molecule has 32 heavy (non-hydrogen) atoms. The summed E-state index contributed by atoms with van der Waals surface area (Å²) in [5.41, 5.74) is 2.25. The molecule has 1 N–H and O–H groups in total. The standard InChI is InChI=1S/C27H20N2O2S/c30-26(28-22-14-6-9-17-25(22)32-19-10-2-1-3-11-19)18-29-23-15-7-4-12-20(23)27(31)21-13-5-8-16-24(21)29/h1-17H,18H2,(H,28,30). The van der Waals surface area contributed by atoms with Gasteiger partial charge in [-0.25, -0.2) is 0 Å². The highest BCUT2D eigenvalue weighted by molar-refractivity contribution is 7.99. The molecule has 0 spiro atoms. The molecule has 0 unspecified atom stereocenters. The number of benzene rings is 4. The largest absolute Gasteiger partial charge is 0.331 e. The van der Waals surface area contributed by atoms with Crippen LogP contribution < -0.4 is 10.7 Å². The van der Waals surface area contributed by atoms with E-state index in [4.69, 9.17) is 0 Å². The Kier molecular flexibility index (Phi) is 5.48. The van der Waals surface area contributed by atoms with Gasteiger partial charge in [0.2, 0.25) is 5.91 Å². The highest BCUT2D eigenvalue weighted by Gasteiger charge is 2.14. The van der Waals surface area contributed by atoms with E-state index in [0.29, 0.717) is 10.8 Å². The average molecular weight is 437 g/mol. The van der Waals surface area contributed by atoms with Crippen molar-refractivity contribution >= 4 is 45.2 Å². The summed E-state index contributed by atoms with van der Waals surface area (Å²) in [5, 5.41) is 4.28. The molecule has 5 rings (SSSR count). The molecule has 4 nitrogen and oxygen atoms in total. The van der Waals surface area contributed by atoms with E-state index in [1.54, 1.807) is 11.8 Å². The molecular formula is C27H20N2O2S. The van der Waals surface area contributed by atoms with Crippen molar-refractivity contribution in [1.29, 1.82) is 0 Å². The normalized spacial score (nSPS) is 11.0. The highest BCUT2D eigenvalue weighted by Crippen LogP contribution is 2.33. The molecular weight excluding hydrogens is 416 g/mol. The molecule has 5 aromatic rings. The van der Waals surface area contributed by atoms with Gasteiger partial charge in [-0.15, -0.1) is 0 Å². The summed E-state index contributed by atoms with van der Waals surface area (Å²) in [4.78, 5) is 28.1. The van der Waals surface area contributed by atoms with Gasteiger partial charge in [0.15, 0.2) is 5.43 Å². The molecule has 0 aliphatic rings. The zero-order chi connectivity index (χ0) is 21.9. The number of fused-ring (bicyclic) bond motifs is 2. The van der Waals surface area contributed by atoms with Crippen LogP contribution in [-0.2, 0) is 11.3 Å². The summed E-state index contributed by atoms with van der Waals surface area (Å²) < 4.78 is 1.91. The molecule has 0 radical (unpaired) electrons. The van der Waals surface area contributed by atoms with Crippen LogP contribution >= 0.6 is 11.8 Å². The maximum Gasteiger partial charge on any atom is 0.244 e. The van der Waals surface area contributed by atoms with E-state index in [-0.39, 0.29) is 17.9 Å². The molecule has 1 amide bonds. The third kappa shape index (κ3) is 3.90. The first-order valence-electron chi connectivity index (χ1n) is 10.3. The molecule has 5 heteroatoms. The first-order valence-corrected chi connectivity index (χ1v) is 11.1. The summed E-state index contributed by atoms with van der Waals surface area (Å²) in [6.45, 7) is 0.103. The number of carbonyl (C=O) groups is 1. The second-order valence-corrected chi connectivity index (χ2v) is 8.52. The lowest BCUT2D eigenvalue weighted by molar-refractivity contribution is -0.116. The van der Waals surface area contributed by atoms with Gasteiger partial charge in [-0.3, -0.25) is 9.59 Å². The first-order chi connectivity index (χ1) is 15.7. The van der Waals surface area contributed by atoms with Crippen LogP contribution in [0.4, 0.5) is 5.69 Å². The van der Waals surface area contributed by atoms with Gasteiger partial charge in [-0.05, 0) is 48.5 Å². The van der Waals surface area contributed by atoms with Crippen molar-refractivity contribution < 1.29 is 4.79 Å². The van der Waals surface area contributed by atoms with E-state index in [2.05, 4.69) is 5.32 Å². The van der Waals surface area contributed by atoms with E-state index in [1.807, 2.05) is 108 Å². The smallest absolute Gasteiger partial charge is 0.244 e. The number of carbonyl (C=O) groups excluding carboxylic acids is 1. The van der Waals surface area contributed by atoms with Gasteiger partial charge >= 0.3 is 0 Å². The SMILES string of the molecule is O=C(Cn1c2ccccc2c(=O)c2ccccc21)Nc1ccccc1Sc1ccccc1. The maximum absolute atomic E-state index is 13.1. The van der Waals surface area contributed by atoms with Crippen molar-refractivity contribution in [3.05, 3.63) is 113 Å². The van der Waals surface area contributed by atoms with Gasteiger partial charge in [-0.1, -0.05) is 66.4 Å². The van der Waals surface area contributed by atoms with Crippen molar-refractivity contribution in [2.45, 2.75) is 16.3 Å². The quantitative estimate of drug-likeness (QED) is 0.347. The first kappa shape index (κ1) is 20.1. The molecule has 0 aliphatic carbocycles. The lowest BCUT2D eigenvalue weighted by Gasteiger charge is -2.16. The number of rotatable bonds is 5. The fourth-order valence-electron chi connectivity index (χ4n) is 3.85. The number of pyridine rings is 1. The Morgan fingerprint density at radius 2 is 1.28 bits per heavy atom. The molecule has 0 bridgehead atoms. The summed E-state index contributed by atoms with van der Waals surface area (Å²) in [7, 11) is 0. The van der Waals surface area contributed by atoms with Crippen LogP contribution in [0.25, 0.3) is 21.8 Å². The van der Waals surface area contributed by atoms with Crippen molar-refractivity contribution in [1.82, 2.24) is 4.57 Å². The van der Waals surface area contributed by atoms with Crippen LogP contribution in [0.3, 0.4) is 0 Å². The average Bonchev–Trinajstić information content (AvgIpc) is 2.84. The fraction of sp³-hybridized carbons (Fsp3) is 0.0370. The van der Waals surface area contributed by atoms with E-state index in [9.17, 15) is 9.59 Å². The third-order valence-electron chi connectivity index (χ3n) is 5.31. The van der Waals surface area contributed by atoms with E-state index >= 15 is 0 Å². The second-order valence-electron chi connectivity index (χ2n) is 7.41. The zero-order valence-electron chi connectivity index (χ0n) is 17.2. The number of aromatic nitrogens is 1. The van der Waals surface area contributed by atoms with Gasteiger partial charge in [0.05, 0.1) is 16.7 Å². The van der Waals surface area contributed by atoms with Gasteiger partial charge in [0, 0.05) is 20.6 Å². The van der Waals surface area contributed by atoms with Gasteiger partial charge in [0.1, 0.15) is 6.54 Å². The predicted molar refractivity (Wildman–Crippen MR) is 131 cm³/mol. The number of nitrogens with zero attached hydrogens (tertiary/aromatic N) is 1. The lowest BCUT2D eigenvalue weighted by atomic mass is 10.1. The van der Waals surface area contributed by atoms with E-state index in [0.717, 1.165) is 26.5 Å². The maximum atomic E-state index is 13.1. The van der Waals surface area contributed by atoms with Crippen LogP contribution in [-0.4, -0.2) is 10.5 Å². The van der Waals surface area contributed by atoms with Crippen LogP contribution in [0.2, 0.25) is 0 Å². The van der Waals surface area contributed by atoms with Crippen LogP contribution in [0.15, 0.2) is 118 Å². The Balaban J connectivity index is 1.49. The Labute approximate surface area is 189 Å². The number of anilines is 1. The van der Waals surface area contributed by atoms with Gasteiger partial charge in [-0.2, -0.15) is 0 Å². The molecule has 0 fully saturated rings. The summed E-state index contributed by atoms with van der Waals surface area (Å²) in [6, 6.07) is 32.7. The van der Waals surface area contributed by atoms with Gasteiger partial charge < -0.3 is 9.88 Å². The minimum absolute atomic E-state index is 0.0162. The Morgan fingerprint density at radius 3 is 1.97 bits per heavy atom. The molecule has 4 aromatic carbocycles. The van der Waals surface area contributed by atoms with Crippen LogP contribution in [0.1, 0.15) is 0 Å². The van der Waals surface area contributed by atoms with Crippen molar-refractivity contribution in [2.75, 3.05) is 5.32 Å². The number of para-hydroxylation sites is 3. The molecule has 0 aliphatic heterocycles. The molecule has 0 saturated carbocycles. The van der Waals surface area contributed by atoms with Crippen LogP contribution in [0, 0.1) is 0 Å². The van der Waals surface area contributed by atoms with E-state index < -0.39 is 0 Å². The molecule has 0 saturated heterocycles. The van der Waals surface area contributed by atoms with E-state index in [1.165, 1.54) is 0 Å². The minimum atomic E-state index is -0.148. The Hall–Kier alpha value is -3.83. The monoisotopic (exact) mass is 436 g/mol. The summed E-state index contributed by atoms with van der Waals surface area (Å²) >= 11 is 1.61. The number of hydrogen-bond acceptors (Lipinski definition) is 3. The predicted octanol–water partition coefficient (Wildman–Crippen LogP) is 5.94. The fourth-order valence-corrected chi connectivity index (χ4v) is 4.78. The number of amides is 1. The molecule has 1 heterocycles. The van der Waals surface area contributed by atoms with Crippen LogP contribution in [0.5, 0.6) is 0 Å². The Morgan fingerprint density at radius 1 is 0.719 bits per heavy atom. The topological polar surface area (TPSA) is 51.1 Å². The lowest BCUT2D eigenvalue weighted by Crippen LogP contribution is -2.21. The third-order valence-corrected chi connectivity index (χ3v) is 6.40. The summed E-state index contributed by atoms with van der Waals surface area (Å²) in [6.07, 6.45) is 0. The van der Waals surface area contributed by atoms with Crippen molar-refractivity contribution in [3.8, 4) is 0 Å². The minimum Gasteiger partial charge on any atom is -0.331 e. The highest BCUT2D eigenvalue weighted by atomic mass is 32.2.